The van der Waals surface area contributed by atoms with Gasteiger partial charge in [0.05, 0.1) is 5.69 Å². The number of rotatable bonds is 8. The van der Waals surface area contributed by atoms with Crippen molar-refractivity contribution in [3.8, 4) is 55.6 Å². The predicted molar refractivity (Wildman–Crippen MR) is 236 cm³/mol. The van der Waals surface area contributed by atoms with Gasteiger partial charge in [0, 0.05) is 22.1 Å². The van der Waals surface area contributed by atoms with Gasteiger partial charge in [-0.05, 0) is 92.0 Å². The third-order valence-electron chi connectivity index (χ3n) is 10.7. The van der Waals surface area contributed by atoms with Crippen molar-refractivity contribution in [2.75, 3.05) is 4.90 Å². The van der Waals surface area contributed by atoms with Crippen LogP contribution in [0.25, 0.3) is 77.6 Å². The number of para-hydroxylation sites is 2. The summed E-state index contributed by atoms with van der Waals surface area (Å²) in [6, 6.07) is 79.9. The molecule has 10 aromatic rings. The third-order valence-corrected chi connectivity index (χ3v) is 10.7. The van der Waals surface area contributed by atoms with Gasteiger partial charge in [-0.1, -0.05) is 188 Å². The number of fused-ring (bicyclic) bond motifs is 3. The zero-order valence-corrected chi connectivity index (χ0v) is 30.7. The van der Waals surface area contributed by atoms with Gasteiger partial charge in [0.1, 0.15) is 5.58 Å². The molecule has 0 saturated carbocycles. The van der Waals surface area contributed by atoms with E-state index in [1.165, 1.54) is 44.5 Å². The Kier molecular flexibility index (Phi) is 8.55. The molecule has 0 aliphatic carbocycles. The van der Waals surface area contributed by atoms with Gasteiger partial charge >= 0.3 is 0 Å². The molecular formula is C54H37NO. The molecule has 56 heavy (non-hydrogen) atoms. The van der Waals surface area contributed by atoms with Crippen LogP contribution in [0, 0.1) is 0 Å². The molecule has 0 saturated heterocycles. The molecule has 0 aliphatic heterocycles. The van der Waals surface area contributed by atoms with Crippen LogP contribution < -0.4 is 4.90 Å². The van der Waals surface area contributed by atoms with Crippen LogP contribution in [0.5, 0.6) is 0 Å². The molecule has 0 radical (unpaired) electrons. The molecule has 0 fully saturated rings. The minimum absolute atomic E-state index is 0.860. The third kappa shape index (κ3) is 6.04. The number of nitrogens with zero attached hydrogens (tertiary/aromatic N) is 1. The average Bonchev–Trinajstić information content (AvgIpc) is 3.67. The molecule has 10 rings (SSSR count). The molecular weight excluding hydrogens is 679 g/mol. The number of hydrogen-bond donors (Lipinski definition) is 0. The zero-order chi connectivity index (χ0) is 37.3. The van der Waals surface area contributed by atoms with Gasteiger partial charge in [-0.2, -0.15) is 0 Å². The highest BCUT2D eigenvalue weighted by Crippen LogP contribution is 2.44. The fraction of sp³-hybridized carbons (Fsp3) is 0. The molecule has 1 aromatic heterocycles. The zero-order valence-electron chi connectivity index (χ0n) is 30.7. The second-order valence-electron chi connectivity index (χ2n) is 14.1. The minimum Gasteiger partial charge on any atom is -0.454 e. The summed E-state index contributed by atoms with van der Waals surface area (Å²) in [6.07, 6.45) is 0. The standard InChI is InChI=1S/C54H37NO/c1-3-16-38(17-4-1)44-20-7-8-21-45(44)40-30-34-42(35-31-40)55(52-28-15-27-51-50-26-13-14-29-53(50)56-54(51)52)43-36-32-41(33-37-43)47-23-10-12-25-49(47)48-24-11-9-22-46(48)39-18-5-2-6-19-39/h1-37H. The Morgan fingerprint density at radius 2 is 0.643 bits per heavy atom. The van der Waals surface area contributed by atoms with E-state index in [4.69, 9.17) is 4.42 Å². The number of hydrogen-bond acceptors (Lipinski definition) is 2. The van der Waals surface area contributed by atoms with Crippen molar-refractivity contribution < 1.29 is 4.42 Å². The van der Waals surface area contributed by atoms with Crippen molar-refractivity contribution in [2.24, 2.45) is 0 Å². The van der Waals surface area contributed by atoms with E-state index in [9.17, 15) is 0 Å². The van der Waals surface area contributed by atoms with Gasteiger partial charge in [0.25, 0.3) is 0 Å². The van der Waals surface area contributed by atoms with Crippen LogP contribution in [0.1, 0.15) is 0 Å². The first-order valence-corrected chi connectivity index (χ1v) is 19.1. The SMILES string of the molecule is c1ccc(-c2ccccc2-c2ccc(N(c3ccc(-c4ccccc4-c4ccccc4-c4ccccc4)cc3)c3cccc4c3oc3ccccc34)cc2)cc1. The molecule has 264 valence electrons. The van der Waals surface area contributed by atoms with E-state index in [0.717, 1.165) is 50.1 Å². The predicted octanol–water partition coefficient (Wildman–Crippen LogP) is 15.4. The average molecular weight is 716 g/mol. The first kappa shape index (κ1) is 33.2. The summed E-state index contributed by atoms with van der Waals surface area (Å²) in [5.41, 5.74) is 16.8. The Balaban J connectivity index is 1.09. The summed E-state index contributed by atoms with van der Waals surface area (Å²) < 4.78 is 6.63. The van der Waals surface area contributed by atoms with Crippen LogP contribution in [0.15, 0.2) is 229 Å². The first-order chi connectivity index (χ1) is 27.8. The first-order valence-electron chi connectivity index (χ1n) is 19.1. The molecule has 0 atom stereocenters. The smallest absolute Gasteiger partial charge is 0.159 e. The quantitative estimate of drug-likeness (QED) is 0.156. The Labute approximate surface area is 327 Å². The molecule has 2 nitrogen and oxygen atoms in total. The van der Waals surface area contributed by atoms with Crippen LogP contribution in [-0.4, -0.2) is 0 Å². The summed E-state index contributed by atoms with van der Waals surface area (Å²) in [5, 5.41) is 2.21. The largest absolute Gasteiger partial charge is 0.454 e. The fourth-order valence-electron chi connectivity index (χ4n) is 8.08. The Hall–Kier alpha value is -7.42. The normalized spacial score (nSPS) is 11.2. The van der Waals surface area contributed by atoms with Crippen LogP contribution in [-0.2, 0) is 0 Å². The lowest BCUT2D eigenvalue weighted by atomic mass is 9.89. The topological polar surface area (TPSA) is 16.4 Å². The van der Waals surface area contributed by atoms with Crippen molar-refractivity contribution >= 4 is 39.0 Å². The van der Waals surface area contributed by atoms with E-state index >= 15 is 0 Å². The maximum atomic E-state index is 6.63. The Morgan fingerprint density at radius 1 is 0.268 bits per heavy atom. The highest BCUT2D eigenvalue weighted by atomic mass is 16.3. The second kappa shape index (κ2) is 14.4. The van der Waals surface area contributed by atoms with Crippen LogP contribution in [0.4, 0.5) is 17.1 Å². The van der Waals surface area contributed by atoms with E-state index < -0.39 is 0 Å². The number of anilines is 3. The van der Waals surface area contributed by atoms with Gasteiger partial charge in [0.2, 0.25) is 0 Å². The molecule has 0 N–H and O–H groups in total. The van der Waals surface area contributed by atoms with E-state index in [1.54, 1.807) is 0 Å². The van der Waals surface area contributed by atoms with E-state index in [1.807, 2.05) is 12.1 Å². The highest BCUT2D eigenvalue weighted by molar-refractivity contribution is 6.10. The maximum absolute atomic E-state index is 6.63. The molecule has 0 bridgehead atoms. The van der Waals surface area contributed by atoms with Crippen LogP contribution >= 0.6 is 0 Å². The highest BCUT2D eigenvalue weighted by Gasteiger charge is 2.20. The van der Waals surface area contributed by atoms with Gasteiger partial charge in [-0.15, -0.1) is 0 Å². The van der Waals surface area contributed by atoms with E-state index in [2.05, 4.69) is 217 Å². The summed E-state index contributed by atoms with van der Waals surface area (Å²) in [7, 11) is 0. The second-order valence-corrected chi connectivity index (χ2v) is 14.1. The van der Waals surface area contributed by atoms with Gasteiger partial charge < -0.3 is 9.32 Å². The summed E-state index contributed by atoms with van der Waals surface area (Å²) >= 11 is 0. The summed E-state index contributed by atoms with van der Waals surface area (Å²) in [4.78, 5) is 2.32. The lowest BCUT2D eigenvalue weighted by molar-refractivity contribution is 0.669. The fourth-order valence-corrected chi connectivity index (χ4v) is 8.08. The van der Waals surface area contributed by atoms with Gasteiger partial charge in [0.15, 0.2) is 5.58 Å². The van der Waals surface area contributed by atoms with E-state index in [0.29, 0.717) is 0 Å². The van der Waals surface area contributed by atoms with Crippen molar-refractivity contribution in [3.63, 3.8) is 0 Å². The van der Waals surface area contributed by atoms with Crippen molar-refractivity contribution in [2.45, 2.75) is 0 Å². The number of benzene rings is 9. The molecule has 2 heteroatoms. The van der Waals surface area contributed by atoms with Crippen LogP contribution in [0.2, 0.25) is 0 Å². The molecule has 0 aliphatic rings. The van der Waals surface area contributed by atoms with Crippen molar-refractivity contribution in [1.82, 2.24) is 0 Å². The molecule has 9 aromatic carbocycles. The summed E-state index contributed by atoms with van der Waals surface area (Å²) in [5.74, 6) is 0. The van der Waals surface area contributed by atoms with Crippen LogP contribution in [0.3, 0.4) is 0 Å². The van der Waals surface area contributed by atoms with Crippen molar-refractivity contribution in [3.05, 3.63) is 224 Å². The lowest BCUT2D eigenvalue weighted by Gasteiger charge is -2.26. The molecule has 0 amide bonds. The maximum Gasteiger partial charge on any atom is 0.159 e. The van der Waals surface area contributed by atoms with E-state index in [-0.39, 0.29) is 0 Å². The molecule has 1 heterocycles. The lowest BCUT2D eigenvalue weighted by Crippen LogP contribution is -2.10. The Bertz CT molecular complexity index is 2940. The monoisotopic (exact) mass is 715 g/mol. The molecule has 0 unspecified atom stereocenters. The summed E-state index contributed by atoms with van der Waals surface area (Å²) in [6.45, 7) is 0. The van der Waals surface area contributed by atoms with Gasteiger partial charge in [-0.25, -0.2) is 0 Å². The van der Waals surface area contributed by atoms with Gasteiger partial charge in [-0.3, -0.25) is 0 Å². The number of furan rings is 1. The van der Waals surface area contributed by atoms with Crippen molar-refractivity contribution in [1.29, 1.82) is 0 Å². The minimum atomic E-state index is 0.860. The molecule has 0 spiro atoms. The Morgan fingerprint density at radius 3 is 1.14 bits per heavy atom.